The average molecular weight is 384 g/mol. The molecule has 1 aliphatic rings. The minimum absolute atomic E-state index is 0.185. The molecule has 1 fully saturated rings. The molecule has 0 saturated carbocycles. The van der Waals surface area contributed by atoms with Gasteiger partial charge in [-0.05, 0) is 17.5 Å². The number of anilines is 1. The summed E-state index contributed by atoms with van der Waals surface area (Å²) in [4.78, 5) is 14.6. The summed E-state index contributed by atoms with van der Waals surface area (Å²) in [6, 6.07) is 7.59. The number of hydrogen-bond donors (Lipinski definition) is 1. The van der Waals surface area contributed by atoms with Crippen LogP contribution in [0.25, 0.3) is 0 Å². The van der Waals surface area contributed by atoms with Gasteiger partial charge in [0, 0.05) is 31.9 Å². The van der Waals surface area contributed by atoms with E-state index in [-0.39, 0.29) is 24.9 Å². The molecule has 1 aromatic carbocycles. The zero-order chi connectivity index (χ0) is 19.2. The number of nitrogens with one attached hydrogen (secondary N) is 1. The van der Waals surface area contributed by atoms with Crippen LogP contribution < -0.4 is 5.32 Å². The Hall–Kier alpha value is -1.48. The van der Waals surface area contributed by atoms with Gasteiger partial charge in [-0.1, -0.05) is 32.0 Å². The second-order valence-electron chi connectivity index (χ2n) is 6.84. The van der Waals surface area contributed by atoms with Gasteiger partial charge in [-0.25, -0.2) is 8.42 Å². The summed E-state index contributed by atoms with van der Waals surface area (Å²) in [5.74, 6) is -0.0654. The zero-order valence-corrected chi connectivity index (χ0v) is 16.6. The number of carbonyl (C=O) groups is 1. The number of amides is 1. The number of hydrogen-bond acceptors (Lipinski definition) is 5. The van der Waals surface area contributed by atoms with Crippen molar-refractivity contribution < 1.29 is 17.9 Å². The minimum atomic E-state index is -3.46. The number of carbonyl (C=O) groups excluding carboxylic acids is 1. The first-order chi connectivity index (χ1) is 12.3. The number of morpholine rings is 1. The van der Waals surface area contributed by atoms with Gasteiger partial charge in [0.05, 0.1) is 26.0 Å². The van der Waals surface area contributed by atoms with Gasteiger partial charge in [-0.3, -0.25) is 9.69 Å². The number of ether oxygens (including phenoxy) is 1. The molecule has 26 heavy (non-hydrogen) atoms. The van der Waals surface area contributed by atoms with Crippen molar-refractivity contribution in [2.75, 3.05) is 57.5 Å². The van der Waals surface area contributed by atoms with Crippen LogP contribution in [0.4, 0.5) is 5.69 Å². The maximum absolute atomic E-state index is 12.4. The van der Waals surface area contributed by atoms with Gasteiger partial charge >= 0.3 is 0 Å². The summed E-state index contributed by atoms with van der Waals surface area (Å²) in [7, 11) is -3.46. The molecule has 1 N–H and O–H groups in total. The van der Waals surface area contributed by atoms with Gasteiger partial charge in [-0.2, -0.15) is 4.31 Å². The summed E-state index contributed by atoms with van der Waals surface area (Å²) in [6.45, 7) is 7.68. The number of nitrogens with zero attached hydrogens (tertiary/aromatic N) is 2. The fraction of sp³-hybridized carbons (Fsp3) is 0.611. The molecule has 0 aromatic heterocycles. The monoisotopic (exact) mass is 383 g/mol. The third kappa shape index (κ3) is 6.35. The van der Waals surface area contributed by atoms with Gasteiger partial charge in [0.1, 0.15) is 0 Å². The Morgan fingerprint density at radius 1 is 1.27 bits per heavy atom. The fourth-order valence-electron chi connectivity index (χ4n) is 2.90. The second-order valence-corrected chi connectivity index (χ2v) is 8.82. The van der Waals surface area contributed by atoms with Gasteiger partial charge in [0.2, 0.25) is 15.9 Å². The first kappa shape index (κ1) is 20.8. The molecule has 1 amide bonds. The minimum Gasteiger partial charge on any atom is -0.379 e. The third-order valence-corrected chi connectivity index (χ3v) is 5.66. The molecule has 0 bridgehead atoms. The summed E-state index contributed by atoms with van der Waals surface area (Å²) >= 11 is 0. The SMILES string of the molecule is CC(C)c1ccccc1NC(=O)CN(CCN1CCOCC1)S(C)(=O)=O. The Bertz CT molecular complexity index is 700. The highest BCUT2D eigenvalue weighted by Crippen LogP contribution is 2.23. The van der Waals surface area contributed by atoms with Crippen LogP contribution in [0.2, 0.25) is 0 Å². The molecule has 1 heterocycles. The van der Waals surface area contributed by atoms with Gasteiger partial charge in [0.15, 0.2) is 0 Å². The van der Waals surface area contributed by atoms with Crippen LogP contribution in [0.3, 0.4) is 0 Å². The maximum Gasteiger partial charge on any atom is 0.239 e. The molecule has 8 heteroatoms. The second kappa shape index (κ2) is 9.45. The Kier molecular flexibility index (Phi) is 7.57. The molecule has 146 valence electrons. The van der Waals surface area contributed by atoms with Crippen molar-refractivity contribution in [3.8, 4) is 0 Å². The highest BCUT2D eigenvalue weighted by Gasteiger charge is 2.22. The molecule has 7 nitrogen and oxygen atoms in total. The molecule has 0 radical (unpaired) electrons. The van der Waals surface area contributed by atoms with Crippen molar-refractivity contribution in [2.45, 2.75) is 19.8 Å². The van der Waals surface area contributed by atoms with Crippen molar-refractivity contribution in [3.63, 3.8) is 0 Å². The number of sulfonamides is 1. The number of rotatable bonds is 8. The first-order valence-electron chi connectivity index (χ1n) is 8.91. The van der Waals surface area contributed by atoms with E-state index in [1.807, 2.05) is 24.3 Å². The van der Waals surface area contributed by atoms with E-state index in [9.17, 15) is 13.2 Å². The van der Waals surface area contributed by atoms with E-state index in [2.05, 4.69) is 24.1 Å². The number of para-hydroxylation sites is 1. The van der Waals surface area contributed by atoms with Crippen LogP contribution in [0.5, 0.6) is 0 Å². The Morgan fingerprint density at radius 3 is 2.54 bits per heavy atom. The lowest BCUT2D eigenvalue weighted by molar-refractivity contribution is -0.116. The maximum atomic E-state index is 12.4. The van der Waals surface area contributed by atoms with E-state index >= 15 is 0 Å². The van der Waals surface area contributed by atoms with Gasteiger partial charge < -0.3 is 10.1 Å². The van der Waals surface area contributed by atoms with E-state index in [1.54, 1.807) is 0 Å². The normalized spacial score (nSPS) is 16.2. The van der Waals surface area contributed by atoms with E-state index in [0.29, 0.717) is 19.8 Å². The molecule has 1 saturated heterocycles. The molecule has 1 aliphatic heterocycles. The summed E-state index contributed by atoms with van der Waals surface area (Å²) in [5, 5.41) is 2.85. The van der Waals surface area contributed by atoms with Crippen LogP contribution in [0.15, 0.2) is 24.3 Å². The lowest BCUT2D eigenvalue weighted by Gasteiger charge is -2.29. The van der Waals surface area contributed by atoms with Crippen molar-refractivity contribution in [2.24, 2.45) is 0 Å². The molecule has 1 aromatic rings. The Morgan fingerprint density at radius 2 is 1.92 bits per heavy atom. The number of benzene rings is 1. The Balaban J connectivity index is 1.98. The smallest absolute Gasteiger partial charge is 0.239 e. The lowest BCUT2D eigenvalue weighted by atomic mass is 10.0. The predicted molar refractivity (Wildman–Crippen MR) is 103 cm³/mol. The van der Waals surface area contributed by atoms with E-state index < -0.39 is 10.0 Å². The molecule has 2 rings (SSSR count). The summed E-state index contributed by atoms with van der Waals surface area (Å²) in [5.41, 5.74) is 1.76. The van der Waals surface area contributed by atoms with Crippen LogP contribution in [-0.2, 0) is 19.6 Å². The molecule has 0 atom stereocenters. The molecular weight excluding hydrogens is 354 g/mol. The third-order valence-electron chi connectivity index (χ3n) is 4.42. The molecule has 0 spiro atoms. The van der Waals surface area contributed by atoms with E-state index in [0.717, 1.165) is 30.6 Å². The highest BCUT2D eigenvalue weighted by molar-refractivity contribution is 7.88. The van der Waals surface area contributed by atoms with Gasteiger partial charge in [0.25, 0.3) is 0 Å². The van der Waals surface area contributed by atoms with Crippen molar-refractivity contribution in [1.82, 2.24) is 9.21 Å². The topological polar surface area (TPSA) is 79.0 Å². The van der Waals surface area contributed by atoms with Crippen LogP contribution >= 0.6 is 0 Å². The first-order valence-corrected chi connectivity index (χ1v) is 10.8. The summed E-state index contributed by atoms with van der Waals surface area (Å²) in [6.07, 6.45) is 1.14. The van der Waals surface area contributed by atoms with Gasteiger partial charge in [-0.15, -0.1) is 0 Å². The lowest BCUT2D eigenvalue weighted by Crippen LogP contribution is -2.45. The fourth-order valence-corrected chi connectivity index (χ4v) is 3.67. The average Bonchev–Trinajstić information content (AvgIpc) is 2.58. The van der Waals surface area contributed by atoms with Crippen LogP contribution in [0, 0.1) is 0 Å². The van der Waals surface area contributed by atoms with E-state index in [4.69, 9.17) is 4.74 Å². The standard InChI is InChI=1S/C18H29N3O4S/c1-15(2)16-6-4-5-7-17(16)19-18(22)14-21(26(3,23)24)9-8-20-10-12-25-13-11-20/h4-7,15H,8-14H2,1-3H3,(H,19,22). The molecule has 0 aliphatic carbocycles. The quantitative estimate of drug-likeness (QED) is 0.733. The van der Waals surface area contributed by atoms with Crippen molar-refractivity contribution >= 4 is 21.6 Å². The van der Waals surface area contributed by atoms with E-state index in [1.165, 1.54) is 4.31 Å². The highest BCUT2D eigenvalue weighted by atomic mass is 32.2. The van der Waals surface area contributed by atoms with Crippen molar-refractivity contribution in [1.29, 1.82) is 0 Å². The largest absolute Gasteiger partial charge is 0.379 e. The zero-order valence-electron chi connectivity index (χ0n) is 15.8. The van der Waals surface area contributed by atoms with Crippen LogP contribution in [-0.4, -0.2) is 75.7 Å². The summed E-state index contributed by atoms with van der Waals surface area (Å²) < 4.78 is 30.7. The predicted octanol–water partition coefficient (Wildman–Crippen LogP) is 1.34. The van der Waals surface area contributed by atoms with Crippen LogP contribution in [0.1, 0.15) is 25.3 Å². The van der Waals surface area contributed by atoms with Crippen molar-refractivity contribution in [3.05, 3.63) is 29.8 Å². The molecular formula is C18H29N3O4S. The molecule has 0 unspecified atom stereocenters. The Labute approximate surface area is 156 Å².